The van der Waals surface area contributed by atoms with Gasteiger partial charge in [0.1, 0.15) is 11.9 Å². The first-order valence-corrected chi connectivity index (χ1v) is 7.10. The van der Waals surface area contributed by atoms with Gasteiger partial charge in [0.05, 0.1) is 12.1 Å². The standard InChI is InChI=1S/C14H16F3N5O2/c1-2-8(7-19-12(23)11-20-13(18)22-21-11)24-10-6-4-3-5-9(10)14(15,16)17/h3-6,8H,2,7H2,1H3,(H,19,23)(H3,18,20,21,22). The smallest absolute Gasteiger partial charge is 0.419 e. The largest absolute Gasteiger partial charge is 0.488 e. The molecule has 1 aromatic carbocycles. The van der Waals surface area contributed by atoms with Crippen molar-refractivity contribution < 1.29 is 22.7 Å². The number of aromatic nitrogens is 3. The molecule has 0 saturated heterocycles. The molecule has 1 unspecified atom stereocenters. The number of rotatable bonds is 6. The molecule has 4 N–H and O–H groups in total. The van der Waals surface area contributed by atoms with Crippen LogP contribution in [0.15, 0.2) is 24.3 Å². The molecular formula is C14H16F3N5O2. The fourth-order valence-corrected chi connectivity index (χ4v) is 1.92. The van der Waals surface area contributed by atoms with Gasteiger partial charge in [0.2, 0.25) is 11.8 Å². The zero-order valence-corrected chi connectivity index (χ0v) is 12.7. The maximum absolute atomic E-state index is 13.0. The van der Waals surface area contributed by atoms with Crippen LogP contribution in [-0.2, 0) is 6.18 Å². The summed E-state index contributed by atoms with van der Waals surface area (Å²) in [6.07, 6.45) is -4.77. The molecule has 0 fully saturated rings. The second kappa shape index (κ2) is 7.20. The average Bonchev–Trinajstić information content (AvgIpc) is 2.97. The molecule has 0 saturated carbocycles. The van der Waals surface area contributed by atoms with Crippen LogP contribution in [0, 0.1) is 0 Å². The van der Waals surface area contributed by atoms with Gasteiger partial charge < -0.3 is 15.8 Å². The molecule has 0 aliphatic rings. The second-order valence-corrected chi connectivity index (χ2v) is 4.89. The molecule has 7 nitrogen and oxygen atoms in total. The lowest BCUT2D eigenvalue weighted by Gasteiger charge is -2.20. The summed E-state index contributed by atoms with van der Waals surface area (Å²) in [6, 6.07) is 4.92. The van der Waals surface area contributed by atoms with Crippen LogP contribution in [0.1, 0.15) is 29.5 Å². The maximum Gasteiger partial charge on any atom is 0.419 e. The summed E-state index contributed by atoms with van der Waals surface area (Å²) < 4.78 is 44.3. The number of carbonyl (C=O) groups excluding carboxylic acids is 1. The molecule has 0 aliphatic carbocycles. The molecular weight excluding hydrogens is 327 g/mol. The third kappa shape index (κ3) is 4.37. The summed E-state index contributed by atoms with van der Waals surface area (Å²) in [6.45, 7) is 1.74. The number of hydrogen-bond donors (Lipinski definition) is 3. The van der Waals surface area contributed by atoms with Crippen molar-refractivity contribution in [3.05, 3.63) is 35.7 Å². The van der Waals surface area contributed by atoms with E-state index in [1.54, 1.807) is 6.92 Å². The Hall–Kier alpha value is -2.78. The van der Waals surface area contributed by atoms with Gasteiger partial charge in [0, 0.05) is 0 Å². The first-order valence-electron chi connectivity index (χ1n) is 7.10. The normalized spacial score (nSPS) is 12.7. The minimum absolute atomic E-state index is 0.00211. The van der Waals surface area contributed by atoms with E-state index >= 15 is 0 Å². The van der Waals surface area contributed by atoms with Crippen molar-refractivity contribution in [3.63, 3.8) is 0 Å². The highest BCUT2D eigenvalue weighted by Crippen LogP contribution is 2.36. The molecule has 2 rings (SSSR count). The monoisotopic (exact) mass is 343 g/mol. The van der Waals surface area contributed by atoms with E-state index in [-0.39, 0.29) is 24.1 Å². The SMILES string of the molecule is CCC(CNC(=O)c1nc(N)n[nH]1)Oc1ccccc1C(F)(F)F. The number of nitrogens with one attached hydrogen (secondary N) is 2. The molecule has 10 heteroatoms. The highest BCUT2D eigenvalue weighted by Gasteiger charge is 2.34. The van der Waals surface area contributed by atoms with Crippen LogP contribution in [0.5, 0.6) is 5.75 Å². The van der Waals surface area contributed by atoms with Gasteiger partial charge in [-0.25, -0.2) is 0 Å². The zero-order valence-electron chi connectivity index (χ0n) is 12.7. The number of ether oxygens (including phenoxy) is 1. The highest BCUT2D eigenvalue weighted by atomic mass is 19.4. The summed E-state index contributed by atoms with van der Waals surface area (Å²) in [7, 11) is 0. The fraction of sp³-hybridized carbons (Fsp3) is 0.357. The lowest BCUT2D eigenvalue weighted by molar-refractivity contribution is -0.139. The quantitative estimate of drug-likeness (QED) is 0.744. The number of hydrogen-bond acceptors (Lipinski definition) is 5. The van der Waals surface area contributed by atoms with E-state index in [9.17, 15) is 18.0 Å². The number of nitrogens with zero attached hydrogens (tertiary/aromatic N) is 2. The topological polar surface area (TPSA) is 106 Å². The Kier molecular flexibility index (Phi) is 5.27. The van der Waals surface area contributed by atoms with E-state index < -0.39 is 23.8 Å². The molecule has 24 heavy (non-hydrogen) atoms. The first-order chi connectivity index (χ1) is 11.3. The van der Waals surface area contributed by atoms with Gasteiger partial charge in [-0.15, -0.1) is 5.10 Å². The van der Waals surface area contributed by atoms with Crippen LogP contribution in [0.2, 0.25) is 0 Å². The van der Waals surface area contributed by atoms with Crippen LogP contribution in [0.3, 0.4) is 0 Å². The van der Waals surface area contributed by atoms with Crippen molar-refractivity contribution in [1.82, 2.24) is 20.5 Å². The van der Waals surface area contributed by atoms with Gasteiger partial charge in [-0.2, -0.15) is 18.2 Å². The van der Waals surface area contributed by atoms with E-state index in [0.29, 0.717) is 6.42 Å². The molecule has 0 radical (unpaired) electrons. The number of aromatic amines is 1. The molecule has 0 bridgehead atoms. The molecule has 130 valence electrons. The Labute approximate surface area is 135 Å². The van der Waals surface area contributed by atoms with Crippen molar-refractivity contribution >= 4 is 11.9 Å². The fourth-order valence-electron chi connectivity index (χ4n) is 1.92. The Balaban J connectivity index is 2.01. The van der Waals surface area contributed by atoms with Gasteiger partial charge in [-0.05, 0) is 18.6 Å². The number of benzene rings is 1. The Bertz CT molecular complexity index is 702. The van der Waals surface area contributed by atoms with Crippen molar-refractivity contribution in [3.8, 4) is 5.75 Å². The number of alkyl halides is 3. The second-order valence-electron chi connectivity index (χ2n) is 4.89. The van der Waals surface area contributed by atoms with E-state index in [0.717, 1.165) is 6.07 Å². The number of anilines is 1. The third-order valence-electron chi connectivity index (χ3n) is 3.15. The Morgan fingerprint density at radius 3 is 2.71 bits per heavy atom. The van der Waals surface area contributed by atoms with Crippen LogP contribution < -0.4 is 15.8 Å². The Morgan fingerprint density at radius 1 is 1.42 bits per heavy atom. The van der Waals surface area contributed by atoms with E-state index in [1.807, 2.05) is 0 Å². The minimum atomic E-state index is -4.52. The summed E-state index contributed by atoms with van der Waals surface area (Å²) in [5, 5.41) is 8.36. The number of carbonyl (C=O) groups is 1. The van der Waals surface area contributed by atoms with Crippen LogP contribution in [-0.4, -0.2) is 33.7 Å². The van der Waals surface area contributed by atoms with Crippen molar-refractivity contribution in [2.75, 3.05) is 12.3 Å². The summed E-state index contributed by atoms with van der Waals surface area (Å²) in [5.74, 6) is -1.03. The number of H-pyrrole nitrogens is 1. The van der Waals surface area contributed by atoms with Crippen LogP contribution >= 0.6 is 0 Å². The van der Waals surface area contributed by atoms with Gasteiger partial charge in [0.15, 0.2) is 0 Å². The highest BCUT2D eigenvalue weighted by molar-refractivity contribution is 5.90. The predicted molar refractivity (Wildman–Crippen MR) is 79.3 cm³/mol. The third-order valence-corrected chi connectivity index (χ3v) is 3.15. The van der Waals surface area contributed by atoms with E-state index in [1.165, 1.54) is 18.2 Å². The minimum Gasteiger partial charge on any atom is -0.488 e. The molecule has 1 aromatic heterocycles. The van der Waals surface area contributed by atoms with Crippen molar-refractivity contribution in [2.45, 2.75) is 25.6 Å². The number of nitrogens with two attached hydrogens (primary N) is 1. The van der Waals surface area contributed by atoms with Gasteiger partial charge in [-0.1, -0.05) is 19.1 Å². The molecule has 0 spiro atoms. The summed E-state index contributed by atoms with van der Waals surface area (Å²) >= 11 is 0. The number of halogens is 3. The average molecular weight is 343 g/mol. The van der Waals surface area contributed by atoms with E-state index in [4.69, 9.17) is 10.5 Å². The van der Waals surface area contributed by atoms with Crippen molar-refractivity contribution in [1.29, 1.82) is 0 Å². The van der Waals surface area contributed by atoms with E-state index in [2.05, 4.69) is 20.5 Å². The molecule has 0 aliphatic heterocycles. The van der Waals surface area contributed by atoms with Gasteiger partial charge in [-0.3, -0.25) is 9.89 Å². The van der Waals surface area contributed by atoms with Crippen molar-refractivity contribution in [2.24, 2.45) is 0 Å². The molecule has 2 aromatic rings. The molecule has 1 amide bonds. The Morgan fingerprint density at radius 2 is 2.12 bits per heavy atom. The first kappa shape index (κ1) is 17.6. The predicted octanol–water partition coefficient (Wildman–Crippen LogP) is 1.99. The van der Waals surface area contributed by atoms with Crippen LogP contribution in [0.4, 0.5) is 19.1 Å². The molecule has 1 atom stereocenters. The lowest BCUT2D eigenvalue weighted by Crippen LogP contribution is -2.35. The maximum atomic E-state index is 13.0. The zero-order chi connectivity index (χ0) is 17.7. The number of amides is 1. The lowest BCUT2D eigenvalue weighted by atomic mass is 10.2. The summed E-state index contributed by atoms with van der Waals surface area (Å²) in [4.78, 5) is 15.5. The van der Waals surface area contributed by atoms with Gasteiger partial charge in [0.25, 0.3) is 5.91 Å². The summed E-state index contributed by atoms with van der Waals surface area (Å²) in [5.41, 5.74) is 4.43. The number of nitrogen functional groups attached to an aromatic ring is 1. The van der Waals surface area contributed by atoms with Gasteiger partial charge >= 0.3 is 6.18 Å². The molecule has 1 heterocycles. The number of para-hydroxylation sites is 1. The van der Waals surface area contributed by atoms with Crippen LogP contribution in [0.25, 0.3) is 0 Å².